The van der Waals surface area contributed by atoms with Gasteiger partial charge in [0.25, 0.3) is 5.91 Å². The summed E-state index contributed by atoms with van der Waals surface area (Å²) in [6.45, 7) is -0.565. The average Bonchev–Trinajstić information content (AvgIpc) is 3.41. The van der Waals surface area contributed by atoms with Crippen molar-refractivity contribution in [3.8, 4) is 0 Å². The number of likely N-dealkylation sites (tertiary alicyclic amines) is 1. The number of nitrogens with zero attached hydrogens (tertiary/aromatic N) is 1. The lowest BCUT2D eigenvalue weighted by molar-refractivity contribution is -0.149. The van der Waals surface area contributed by atoms with E-state index >= 15 is 0 Å². The van der Waals surface area contributed by atoms with E-state index in [1.807, 2.05) is 0 Å². The molecule has 2 saturated carbocycles. The number of nitrogens with one attached hydrogen (secondary N) is 1. The number of amides is 3. The predicted molar refractivity (Wildman–Crippen MR) is 123 cm³/mol. The normalized spacial score (nSPS) is 29.7. The number of ether oxygens (including phenoxy) is 2. The molecule has 1 heterocycles. The number of alkyl halides is 2. The van der Waals surface area contributed by atoms with Crippen molar-refractivity contribution in [3.63, 3.8) is 0 Å². The number of carbonyl (C=O) groups excluding carboxylic acids is 5. The van der Waals surface area contributed by atoms with Crippen molar-refractivity contribution in [1.29, 1.82) is 0 Å². The molecule has 176 valence electrons. The number of hydrogen-bond acceptors (Lipinski definition) is 7. The van der Waals surface area contributed by atoms with Crippen LogP contribution in [0.3, 0.4) is 0 Å². The second-order valence-electron chi connectivity index (χ2n) is 8.36. The number of benzene rings is 1. The Morgan fingerprint density at radius 2 is 1.61 bits per heavy atom. The van der Waals surface area contributed by atoms with E-state index in [2.05, 4.69) is 41.9 Å². The number of halogens is 2. The molecule has 1 aromatic rings. The van der Waals surface area contributed by atoms with Gasteiger partial charge in [-0.15, -0.1) is 0 Å². The summed E-state index contributed by atoms with van der Waals surface area (Å²) in [5.41, 5.74) is 0.761. The number of hydrogen-bond donors (Lipinski definition) is 1. The first-order valence-electron chi connectivity index (χ1n) is 10.5. The van der Waals surface area contributed by atoms with Crippen LogP contribution in [0.4, 0.5) is 5.69 Å². The Kier molecular flexibility index (Phi) is 6.90. The van der Waals surface area contributed by atoms with Crippen molar-refractivity contribution in [3.05, 3.63) is 29.8 Å². The number of carbonyl (C=O) groups is 5. The highest BCUT2D eigenvalue weighted by molar-refractivity contribution is 9.12. The van der Waals surface area contributed by atoms with Gasteiger partial charge in [-0.05, 0) is 42.5 Å². The van der Waals surface area contributed by atoms with Gasteiger partial charge in [-0.25, -0.2) is 4.79 Å². The van der Waals surface area contributed by atoms with Gasteiger partial charge in [0.15, 0.2) is 6.61 Å². The second kappa shape index (κ2) is 9.54. The predicted octanol–water partition coefficient (Wildman–Crippen LogP) is 2.12. The summed E-state index contributed by atoms with van der Waals surface area (Å²) in [5.74, 6) is -2.59. The van der Waals surface area contributed by atoms with Crippen molar-refractivity contribution in [2.75, 3.05) is 25.6 Å². The highest BCUT2D eigenvalue weighted by Crippen LogP contribution is 2.60. The first-order chi connectivity index (χ1) is 15.7. The molecule has 1 aromatic carbocycles. The number of fused-ring (bicyclic) bond motifs is 5. The Hall–Kier alpha value is -2.27. The fourth-order valence-electron chi connectivity index (χ4n) is 5.06. The van der Waals surface area contributed by atoms with Crippen molar-refractivity contribution < 1.29 is 33.4 Å². The molecule has 4 rings (SSSR count). The number of imide groups is 1. The molecular weight excluding hydrogens is 564 g/mol. The van der Waals surface area contributed by atoms with Gasteiger partial charge in [-0.3, -0.25) is 24.1 Å². The molecule has 1 saturated heterocycles. The molecule has 0 aromatic heterocycles. The summed E-state index contributed by atoms with van der Waals surface area (Å²) >= 11 is 7.27. The van der Waals surface area contributed by atoms with Gasteiger partial charge in [-0.1, -0.05) is 31.9 Å². The van der Waals surface area contributed by atoms with E-state index in [0.29, 0.717) is 11.3 Å². The number of anilines is 1. The number of esters is 2. The Morgan fingerprint density at radius 3 is 2.15 bits per heavy atom. The van der Waals surface area contributed by atoms with Crippen LogP contribution in [0.15, 0.2) is 24.3 Å². The maximum Gasteiger partial charge on any atom is 0.337 e. The topological polar surface area (TPSA) is 119 Å². The van der Waals surface area contributed by atoms with Crippen LogP contribution in [0.25, 0.3) is 0 Å². The molecule has 33 heavy (non-hydrogen) atoms. The third kappa shape index (κ3) is 4.44. The number of rotatable bonds is 7. The maximum absolute atomic E-state index is 12.8. The summed E-state index contributed by atoms with van der Waals surface area (Å²) in [6.07, 6.45) is 0.665. The maximum atomic E-state index is 12.8. The molecule has 11 heteroatoms. The van der Waals surface area contributed by atoms with Gasteiger partial charge in [0.1, 0.15) is 0 Å². The van der Waals surface area contributed by atoms with Crippen molar-refractivity contribution in [2.24, 2.45) is 23.7 Å². The highest BCUT2D eigenvalue weighted by atomic mass is 79.9. The molecule has 0 unspecified atom stereocenters. The Balaban J connectivity index is 1.23. The Bertz CT molecular complexity index is 967. The SMILES string of the molecule is COC(=O)c1ccc(NC(=O)COC(=O)CCN2C(=O)[C@@H]3[C@H]4C[C@@H]([C@@H](Br)[C@H]4Br)[C@H]3C2=O)cc1. The molecule has 1 aliphatic heterocycles. The molecule has 3 fully saturated rings. The van der Waals surface area contributed by atoms with Crippen LogP contribution in [0.5, 0.6) is 0 Å². The molecule has 0 spiro atoms. The molecule has 3 amide bonds. The summed E-state index contributed by atoms with van der Waals surface area (Å²) in [4.78, 5) is 62.7. The van der Waals surface area contributed by atoms with E-state index < -0.39 is 24.5 Å². The zero-order valence-electron chi connectivity index (χ0n) is 17.7. The minimum atomic E-state index is -0.677. The van der Waals surface area contributed by atoms with Crippen LogP contribution >= 0.6 is 31.9 Å². The van der Waals surface area contributed by atoms with Crippen molar-refractivity contribution >= 4 is 67.2 Å². The van der Waals surface area contributed by atoms with Crippen LogP contribution in [0, 0.1) is 23.7 Å². The lowest BCUT2D eigenvalue weighted by Crippen LogP contribution is -2.37. The summed E-state index contributed by atoms with van der Waals surface area (Å²) < 4.78 is 9.58. The smallest absolute Gasteiger partial charge is 0.337 e. The Labute approximate surface area is 206 Å². The molecule has 9 nitrogen and oxygen atoms in total. The molecule has 2 aliphatic carbocycles. The van der Waals surface area contributed by atoms with Crippen molar-refractivity contribution in [1.82, 2.24) is 4.90 Å². The van der Waals surface area contributed by atoms with Crippen LogP contribution in [0.2, 0.25) is 0 Å². The first kappa shape index (κ1) is 23.9. The molecule has 3 aliphatic rings. The minimum absolute atomic E-state index is 0.0561. The molecule has 1 N–H and O–H groups in total. The third-order valence-corrected chi connectivity index (χ3v) is 9.78. The first-order valence-corrected chi connectivity index (χ1v) is 12.3. The fourth-order valence-corrected chi connectivity index (χ4v) is 6.93. The third-order valence-electron chi connectivity index (χ3n) is 6.57. The van der Waals surface area contributed by atoms with E-state index in [1.54, 1.807) is 0 Å². The zero-order chi connectivity index (χ0) is 23.9. The number of methoxy groups -OCH3 is 1. The van der Waals surface area contributed by atoms with E-state index in [0.717, 1.165) is 6.42 Å². The van der Waals surface area contributed by atoms with Crippen LogP contribution in [0.1, 0.15) is 23.2 Å². The van der Waals surface area contributed by atoms with Gasteiger partial charge >= 0.3 is 11.9 Å². The summed E-state index contributed by atoms with van der Waals surface area (Å²) in [7, 11) is 1.27. The van der Waals surface area contributed by atoms with E-state index in [-0.39, 0.29) is 58.1 Å². The monoisotopic (exact) mass is 584 g/mol. The van der Waals surface area contributed by atoms with Crippen LogP contribution in [-0.4, -0.2) is 64.5 Å². The zero-order valence-corrected chi connectivity index (χ0v) is 20.8. The van der Waals surface area contributed by atoms with E-state index in [9.17, 15) is 24.0 Å². The summed E-state index contributed by atoms with van der Waals surface area (Å²) in [5, 5.41) is 2.55. The lowest BCUT2D eigenvalue weighted by atomic mass is 9.81. The Morgan fingerprint density at radius 1 is 1.03 bits per heavy atom. The standard InChI is InChI=1S/C22H22Br2N2O7/c1-32-22(31)10-2-4-11(5-3-10)25-14(27)9-33-15(28)6-7-26-20(29)16-12-8-13(17(16)21(26)30)19(24)18(12)23/h2-5,12-13,16-19H,6-9H2,1H3,(H,25,27)/t12-,13-,16-,17-,18-,19+/m1/s1. The highest BCUT2D eigenvalue weighted by Gasteiger charge is 2.66. The van der Waals surface area contributed by atoms with Crippen molar-refractivity contribution in [2.45, 2.75) is 22.5 Å². The van der Waals surface area contributed by atoms with Gasteiger partial charge in [-0.2, -0.15) is 0 Å². The molecule has 2 bridgehead atoms. The van der Waals surface area contributed by atoms with Gasteiger partial charge in [0.05, 0.1) is 30.9 Å². The van der Waals surface area contributed by atoms with Gasteiger partial charge in [0, 0.05) is 21.9 Å². The van der Waals surface area contributed by atoms with Crippen LogP contribution < -0.4 is 5.32 Å². The minimum Gasteiger partial charge on any atom is -0.465 e. The largest absolute Gasteiger partial charge is 0.465 e. The van der Waals surface area contributed by atoms with Gasteiger partial charge in [0.2, 0.25) is 11.8 Å². The second-order valence-corrected chi connectivity index (χ2v) is 10.5. The molecular formula is C22H22Br2N2O7. The van der Waals surface area contributed by atoms with E-state index in [1.165, 1.54) is 36.3 Å². The lowest BCUT2D eigenvalue weighted by Gasteiger charge is -2.28. The quantitative estimate of drug-likeness (QED) is 0.296. The fraction of sp³-hybridized carbons (Fsp3) is 0.500. The van der Waals surface area contributed by atoms with Gasteiger partial charge < -0.3 is 14.8 Å². The van der Waals surface area contributed by atoms with E-state index in [4.69, 9.17) is 4.74 Å². The summed E-state index contributed by atoms with van der Waals surface area (Å²) in [6, 6.07) is 6.04. The molecule has 0 radical (unpaired) electrons. The average molecular weight is 586 g/mol. The van der Waals surface area contributed by atoms with Crippen LogP contribution in [-0.2, 0) is 28.7 Å². The molecule has 6 atom stereocenters.